The van der Waals surface area contributed by atoms with E-state index >= 15 is 0 Å². The molecule has 17 heavy (non-hydrogen) atoms. The summed E-state index contributed by atoms with van der Waals surface area (Å²) in [6.45, 7) is 4.31. The van der Waals surface area contributed by atoms with Crippen molar-refractivity contribution < 1.29 is 8.78 Å². The zero-order valence-electron chi connectivity index (χ0n) is 11.5. The molecule has 0 aromatic heterocycles. The van der Waals surface area contributed by atoms with Crippen molar-refractivity contribution in [2.75, 3.05) is 13.1 Å². The van der Waals surface area contributed by atoms with E-state index in [2.05, 4.69) is 12.2 Å². The summed E-state index contributed by atoms with van der Waals surface area (Å²) >= 11 is 0. The van der Waals surface area contributed by atoms with E-state index in [1.807, 2.05) is 0 Å². The van der Waals surface area contributed by atoms with Crippen LogP contribution in [0.5, 0.6) is 0 Å². The third kappa shape index (κ3) is 12.1. The minimum Gasteiger partial charge on any atom is -0.311 e. The van der Waals surface area contributed by atoms with Crippen molar-refractivity contribution in [2.24, 2.45) is 0 Å². The molecule has 0 radical (unpaired) electrons. The van der Waals surface area contributed by atoms with Crippen LogP contribution in [0.1, 0.15) is 71.6 Å². The van der Waals surface area contributed by atoms with Gasteiger partial charge in [0.05, 0.1) is 6.54 Å². The lowest BCUT2D eigenvalue weighted by Crippen LogP contribution is -2.32. The predicted octanol–water partition coefficient (Wildman–Crippen LogP) is 4.76. The van der Waals surface area contributed by atoms with Crippen LogP contribution in [0.4, 0.5) is 8.78 Å². The molecule has 0 aromatic carbocycles. The molecule has 1 nitrogen and oxygen atoms in total. The van der Waals surface area contributed by atoms with Gasteiger partial charge in [-0.15, -0.1) is 0 Å². The molecule has 0 aliphatic carbocycles. The fourth-order valence-corrected chi connectivity index (χ4v) is 1.78. The maximum atomic E-state index is 12.8. The largest absolute Gasteiger partial charge is 0.311 e. The van der Waals surface area contributed by atoms with Crippen LogP contribution < -0.4 is 5.32 Å². The van der Waals surface area contributed by atoms with Crippen molar-refractivity contribution in [1.82, 2.24) is 5.32 Å². The molecule has 0 aromatic rings. The Kier molecular flexibility index (Phi) is 10.8. The van der Waals surface area contributed by atoms with Crippen molar-refractivity contribution in [2.45, 2.75) is 77.6 Å². The highest BCUT2D eigenvalue weighted by atomic mass is 19.3. The van der Waals surface area contributed by atoms with Crippen molar-refractivity contribution in [3.8, 4) is 0 Å². The molecule has 0 aliphatic heterocycles. The Hall–Kier alpha value is -0.180. The normalized spacial score (nSPS) is 12.0. The smallest absolute Gasteiger partial charge is 0.260 e. The minimum absolute atomic E-state index is 0.0720. The lowest BCUT2D eigenvalue weighted by atomic mass is 10.1. The van der Waals surface area contributed by atoms with Gasteiger partial charge in [0.25, 0.3) is 5.92 Å². The van der Waals surface area contributed by atoms with E-state index in [9.17, 15) is 8.78 Å². The highest BCUT2D eigenvalue weighted by Gasteiger charge is 2.24. The number of halogens is 2. The average molecular weight is 249 g/mol. The summed E-state index contributed by atoms with van der Waals surface area (Å²) in [5.74, 6) is -2.53. The molecule has 0 aliphatic rings. The van der Waals surface area contributed by atoms with Crippen molar-refractivity contribution in [3.05, 3.63) is 0 Å². The second kappa shape index (κ2) is 10.9. The third-order valence-corrected chi connectivity index (χ3v) is 3.11. The molecule has 0 bridgehead atoms. The molecule has 0 fully saturated rings. The Morgan fingerprint density at radius 2 is 1.35 bits per heavy atom. The van der Waals surface area contributed by atoms with Gasteiger partial charge < -0.3 is 5.32 Å². The molecular weight excluding hydrogens is 220 g/mol. The van der Waals surface area contributed by atoms with Crippen LogP contribution in [-0.4, -0.2) is 19.0 Å². The van der Waals surface area contributed by atoms with E-state index < -0.39 is 5.92 Å². The first-order valence-corrected chi connectivity index (χ1v) is 7.21. The highest BCUT2D eigenvalue weighted by Crippen LogP contribution is 2.15. The number of alkyl halides is 2. The molecule has 3 heteroatoms. The van der Waals surface area contributed by atoms with E-state index in [1.54, 1.807) is 0 Å². The van der Waals surface area contributed by atoms with Gasteiger partial charge in [-0.1, -0.05) is 58.8 Å². The summed E-state index contributed by atoms with van der Waals surface area (Å²) < 4.78 is 25.7. The maximum Gasteiger partial charge on any atom is 0.260 e. The zero-order valence-corrected chi connectivity index (χ0v) is 11.5. The molecule has 104 valence electrons. The number of rotatable bonds is 12. The lowest BCUT2D eigenvalue weighted by Gasteiger charge is -2.14. The van der Waals surface area contributed by atoms with Crippen molar-refractivity contribution >= 4 is 0 Å². The standard InChI is InChI=1S/C14H29F2N/c1-3-5-6-7-8-9-10-11-12-17-13-14(15,16)4-2/h17H,3-13H2,1-2H3. The van der Waals surface area contributed by atoms with Gasteiger partial charge in [0.2, 0.25) is 0 Å². The van der Waals surface area contributed by atoms with Crippen LogP contribution >= 0.6 is 0 Å². The first kappa shape index (κ1) is 16.8. The summed E-state index contributed by atoms with van der Waals surface area (Å²) in [7, 11) is 0. The van der Waals surface area contributed by atoms with Crippen molar-refractivity contribution in [1.29, 1.82) is 0 Å². The van der Waals surface area contributed by atoms with Crippen LogP contribution in [0.15, 0.2) is 0 Å². The first-order chi connectivity index (χ1) is 8.12. The SMILES string of the molecule is CCCCCCCCCCNCC(F)(F)CC. The number of nitrogens with one attached hydrogen (secondary N) is 1. The average Bonchev–Trinajstić information content (AvgIpc) is 2.31. The quantitative estimate of drug-likeness (QED) is 0.492. The maximum absolute atomic E-state index is 12.8. The van der Waals surface area contributed by atoms with E-state index in [-0.39, 0.29) is 13.0 Å². The van der Waals surface area contributed by atoms with Gasteiger partial charge in [-0.2, -0.15) is 0 Å². The molecule has 0 saturated heterocycles. The monoisotopic (exact) mass is 249 g/mol. The summed E-state index contributed by atoms with van der Waals surface area (Å²) in [5, 5.41) is 2.84. The summed E-state index contributed by atoms with van der Waals surface area (Å²) in [5.41, 5.74) is 0. The molecule has 1 N–H and O–H groups in total. The second-order valence-electron chi connectivity index (χ2n) is 4.86. The van der Waals surface area contributed by atoms with Gasteiger partial charge in [0, 0.05) is 6.42 Å². The van der Waals surface area contributed by atoms with Crippen molar-refractivity contribution in [3.63, 3.8) is 0 Å². The Balaban J connectivity index is 3.09. The van der Waals surface area contributed by atoms with Gasteiger partial charge in [0.15, 0.2) is 0 Å². The lowest BCUT2D eigenvalue weighted by molar-refractivity contribution is -0.00146. The first-order valence-electron chi connectivity index (χ1n) is 7.21. The molecule has 0 atom stereocenters. The van der Waals surface area contributed by atoms with Gasteiger partial charge >= 0.3 is 0 Å². The van der Waals surface area contributed by atoms with E-state index in [4.69, 9.17) is 0 Å². The minimum atomic E-state index is -2.53. The zero-order chi connectivity index (χ0) is 13.0. The molecule has 0 spiro atoms. The predicted molar refractivity (Wildman–Crippen MR) is 70.7 cm³/mol. The molecule has 0 amide bonds. The summed E-state index contributed by atoms with van der Waals surface area (Å²) in [4.78, 5) is 0. The fraction of sp³-hybridized carbons (Fsp3) is 1.00. The van der Waals surface area contributed by atoms with Gasteiger partial charge in [-0.05, 0) is 13.0 Å². The molecular formula is C14H29F2N. The Labute approximate surface area is 105 Å². The number of hydrogen-bond donors (Lipinski definition) is 1. The molecule has 0 heterocycles. The fourth-order valence-electron chi connectivity index (χ4n) is 1.78. The molecule has 0 saturated carbocycles. The van der Waals surface area contributed by atoms with Crippen LogP contribution in [0.25, 0.3) is 0 Å². The Morgan fingerprint density at radius 3 is 1.88 bits per heavy atom. The van der Waals surface area contributed by atoms with Gasteiger partial charge in [-0.25, -0.2) is 8.78 Å². The van der Waals surface area contributed by atoms with Crippen LogP contribution in [0.3, 0.4) is 0 Å². The third-order valence-electron chi connectivity index (χ3n) is 3.11. The second-order valence-corrected chi connectivity index (χ2v) is 4.86. The molecule has 0 rings (SSSR count). The van der Waals surface area contributed by atoms with Crippen LogP contribution in [0.2, 0.25) is 0 Å². The topological polar surface area (TPSA) is 12.0 Å². The van der Waals surface area contributed by atoms with Gasteiger partial charge in [0.1, 0.15) is 0 Å². The Morgan fingerprint density at radius 1 is 0.824 bits per heavy atom. The van der Waals surface area contributed by atoms with E-state index in [1.165, 1.54) is 45.4 Å². The number of unbranched alkanes of at least 4 members (excludes halogenated alkanes) is 7. The Bertz CT molecular complexity index is 160. The molecule has 0 unspecified atom stereocenters. The van der Waals surface area contributed by atoms with Crippen LogP contribution in [0, 0.1) is 0 Å². The summed E-state index contributed by atoms with van der Waals surface area (Å²) in [6.07, 6.45) is 9.96. The highest BCUT2D eigenvalue weighted by molar-refractivity contribution is 4.66. The van der Waals surface area contributed by atoms with E-state index in [0.717, 1.165) is 19.4 Å². The number of hydrogen-bond acceptors (Lipinski definition) is 1. The van der Waals surface area contributed by atoms with Crippen LogP contribution in [-0.2, 0) is 0 Å². The summed E-state index contributed by atoms with van der Waals surface area (Å²) in [6, 6.07) is 0. The van der Waals surface area contributed by atoms with Gasteiger partial charge in [-0.3, -0.25) is 0 Å². The van der Waals surface area contributed by atoms with E-state index in [0.29, 0.717) is 0 Å².